The molecule has 2 amide bonds. The van der Waals surface area contributed by atoms with Crippen molar-refractivity contribution in [2.45, 2.75) is 0 Å². The van der Waals surface area contributed by atoms with Gasteiger partial charge in [-0.1, -0.05) is 12.1 Å². The minimum atomic E-state index is -0.365. The highest BCUT2D eigenvalue weighted by molar-refractivity contribution is 6.00. The minimum Gasteiger partial charge on any atom is -0.493 e. The first kappa shape index (κ1) is 22.3. The molecule has 0 aliphatic carbocycles. The molecule has 172 valence electrons. The average molecular weight is 449 g/mol. The maximum absolute atomic E-state index is 12.5. The second-order valence-electron chi connectivity index (χ2n) is 7.80. The number of hydrogen-bond donors (Lipinski definition) is 2. The number of methoxy groups -OCH3 is 2. The van der Waals surface area contributed by atoms with Crippen LogP contribution in [0, 0.1) is 0 Å². The van der Waals surface area contributed by atoms with Crippen molar-refractivity contribution < 1.29 is 14.3 Å². The fraction of sp³-hybridized carbons (Fsp3) is 0.292. The third-order valence-electron chi connectivity index (χ3n) is 5.54. The number of ether oxygens (including phenoxy) is 2. The van der Waals surface area contributed by atoms with Gasteiger partial charge in [-0.3, -0.25) is 0 Å². The van der Waals surface area contributed by atoms with Crippen molar-refractivity contribution in [1.82, 2.24) is 15.1 Å². The second kappa shape index (κ2) is 10.2. The van der Waals surface area contributed by atoms with Crippen LogP contribution in [-0.4, -0.2) is 68.6 Å². The van der Waals surface area contributed by atoms with Crippen molar-refractivity contribution >= 4 is 23.2 Å². The lowest BCUT2D eigenvalue weighted by molar-refractivity contribution is 0.262. The van der Waals surface area contributed by atoms with Crippen molar-refractivity contribution in [2.75, 3.05) is 63.0 Å². The maximum atomic E-state index is 12.5. The summed E-state index contributed by atoms with van der Waals surface area (Å²) in [4.78, 5) is 17.0. The summed E-state index contributed by atoms with van der Waals surface area (Å²) in [5, 5.41) is 14.5. The number of nitrogens with zero attached hydrogens (tertiary/aromatic N) is 4. The van der Waals surface area contributed by atoms with Gasteiger partial charge in [-0.15, -0.1) is 10.2 Å². The number of nitrogens with one attached hydrogen (secondary N) is 2. The van der Waals surface area contributed by atoms with Crippen LogP contribution < -0.4 is 25.0 Å². The number of carbonyl (C=O) groups is 1. The van der Waals surface area contributed by atoms with E-state index in [1.54, 1.807) is 32.4 Å². The number of piperazine rings is 1. The smallest absolute Gasteiger partial charge is 0.323 e. The normalized spacial score (nSPS) is 14.0. The average Bonchev–Trinajstić information content (AvgIpc) is 2.84. The minimum absolute atomic E-state index is 0.365. The molecule has 1 aromatic heterocycles. The molecule has 0 radical (unpaired) electrons. The summed E-state index contributed by atoms with van der Waals surface area (Å²) in [6, 6.07) is 16.3. The number of anilines is 3. The van der Waals surface area contributed by atoms with Gasteiger partial charge < -0.3 is 29.9 Å². The van der Waals surface area contributed by atoms with E-state index in [0.717, 1.165) is 43.3 Å². The van der Waals surface area contributed by atoms with Crippen molar-refractivity contribution in [2.24, 2.45) is 0 Å². The van der Waals surface area contributed by atoms with Crippen LogP contribution in [0.4, 0.5) is 22.0 Å². The van der Waals surface area contributed by atoms with Crippen molar-refractivity contribution in [3.05, 3.63) is 54.6 Å². The molecule has 0 bridgehead atoms. The van der Waals surface area contributed by atoms with Gasteiger partial charge in [0.05, 0.1) is 19.9 Å². The van der Waals surface area contributed by atoms with Gasteiger partial charge in [0.25, 0.3) is 0 Å². The van der Waals surface area contributed by atoms with Crippen LogP contribution in [0.2, 0.25) is 0 Å². The summed E-state index contributed by atoms with van der Waals surface area (Å²) in [7, 11) is 5.24. The number of amides is 2. The Kier molecular flexibility index (Phi) is 6.89. The summed E-state index contributed by atoms with van der Waals surface area (Å²) in [6.07, 6.45) is 0. The van der Waals surface area contributed by atoms with E-state index in [9.17, 15) is 4.79 Å². The zero-order valence-electron chi connectivity index (χ0n) is 19.0. The molecule has 2 N–H and O–H groups in total. The van der Waals surface area contributed by atoms with E-state index in [2.05, 4.69) is 37.7 Å². The summed E-state index contributed by atoms with van der Waals surface area (Å²) in [5.41, 5.74) is 2.86. The first-order valence-corrected chi connectivity index (χ1v) is 10.7. The molecule has 4 rings (SSSR count). The van der Waals surface area contributed by atoms with Crippen molar-refractivity contribution in [1.29, 1.82) is 0 Å². The quantitative estimate of drug-likeness (QED) is 0.596. The SMILES string of the molecule is COc1ccc(NC(=O)Nc2cccc(-c3ccc(N4CCN(C)CC4)nn3)c2)cc1OC. The number of likely N-dealkylation sites (N-methyl/N-ethyl adjacent to an activating group) is 1. The molecule has 1 aliphatic rings. The third kappa shape index (κ3) is 5.50. The second-order valence-corrected chi connectivity index (χ2v) is 7.80. The first-order chi connectivity index (χ1) is 16.1. The first-order valence-electron chi connectivity index (χ1n) is 10.7. The number of aromatic nitrogens is 2. The molecular formula is C24H28N6O3. The monoisotopic (exact) mass is 448 g/mol. The molecule has 1 aliphatic heterocycles. The van der Waals surface area contributed by atoms with Crippen molar-refractivity contribution in [3.63, 3.8) is 0 Å². The van der Waals surface area contributed by atoms with Gasteiger partial charge in [0.15, 0.2) is 17.3 Å². The summed E-state index contributed by atoms with van der Waals surface area (Å²) >= 11 is 0. The number of urea groups is 1. The Morgan fingerprint density at radius 2 is 1.58 bits per heavy atom. The van der Waals surface area contributed by atoms with E-state index in [1.165, 1.54) is 0 Å². The highest BCUT2D eigenvalue weighted by atomic mass is 16.5. The molecule has 2 heterocycles. The van der Waals surface area contributed by atoms with Crippen LogP contribution in [0.25, 0.3) is 11.3 Å². The molecule has 0 atom stereocenters. The molecule has 3 aromatic rings. The predicted octanol–water partition coefficient (Wildman–Crippen LogP) is 3.56. The van der Waals surface area contributed by atoms with E-state index in [-0.39, 0.29) is 6.03 Å². The number of benzene rings is 2. The number of hydrogen-bond acceptors (Lipinski definition) is 7. The van der Waals surface area contributed by atoms with E-state index >= 15 is 0 Å². The summed E-state index contributed by atoms with van der Waals surface area (Å²) < 4.78 is 10.5. The van der Waals surface area contributed by atoms with Gasteiger partial charge in [-0.2, -0.15) is 0 Å². The zero-order chi connectivity index (χ0) is 23.2. The Hall–Kier alpha value is -3.85. The lowest BCUT2D eigenvalue weighted by atomic mass is 10.1. The van der Waals surface area contributed by atoms with Gasteiger partial charge >= 0.3 is 6.03 Å². The van der Waals surface area contributed by atoms with Crippen LogP contribution in [0.1, 0.15) is 0 Å². The molecule has 9 heteroatoms. The zero-order valence-corrected chi connectivity index (χ0v) is 19.0. The molecule has 0 saturated carbocycles. The lowest BCUT2D eigenvalue weighted by Crippen LogP contribution is -2.44. The van der Waals surface area contributed by atoms with Crippen molar-refractivity contribution in [3.8, 4) is 22.8 Å². The van der Waals surface area contributed by atoms with Gasteiger partial charge in [0.2, 0.25) is 0 Å². The molecule has 1 fully saturated rings. The van der Waals surface area contributed by atoms with E-state index in [4.69, 9.17) is 9.47 Å². The fourth-order valence-electron chi connectivity index (χ4n) is 3.65. The molecule has 0 spiro atoms. The number of carbonyl (C=O) groups excluding carboxylic acids is 1. The molecule has 33 heavy (non-hydrogen) atoms. The molecular weight excluding hydrogens is 420 g/mol. The topological polar surface area (TPSA) is 91.9 Å². The molecule has 2 aromatic carbocycles. The van der Waals surface area contributed by atoms with Crippen LogP contribution in [0.5, 0.6) is 11.5 Å². The molecule has 9 nitrogen and oxygen atoms in total. The molecule has 1 saturated heterocycles. The van der Waals surface area contributed by atoms with E-state index in [1.807, 2.05) is 36.4 Å². The third-order valence-corrected chi connectivity index (χ3v) is 5.54. The Balaban J connectivity index is 1.41. The number of rotatable bonds is 6. The highest BCUT2D eigenvalue weighted by Crippen LogP contribution is 2.30. The summed E-state index contributed by atoms with van der Waals surface area (Å²) in [5.74, 6) is 2.02. The Morgan fingerprint density at radius 3 is 2.24 bits per heavy atom. The lowest BCUT2D eigenvalue weighted by Gasteiger charge is -2.32. The van der Waals surface area contributed by atoms with Gasteiger partial charge in [0.1, 0.15) is 0 Å². The van der Waals surface area contributed by atoms with Crippen LogP contribution in [0.15, 0.2) is 54.6 Å². The van der Waals surface area contributed by atoms with Gasteiger partial charge in [-0.25, -0.2) is 4.79 Å². The fourth-order valence-corrected chi connectivity index (χ4v) is 3.65. The van der Waals surface area contributed by atoms with E-state index in [0.29, 0.717) is 22.9 Å². The maximum Gasteiger partial charge on any atom is 0.323 e. The standard InChI is InChI=1S/C24H28N6O3/c1-29-11-13-30(14-12-29)23-10-8-20(27-28-23)17-5-4-6-18(15-17)25-24(31)26-19-7-9-21(32-2)22(16-19)33-3/h4-10,15-16H,11-14H2,1-3H3,(H2,25,26,31). The highest BCUT2D eigenvalue weighted by Gasteiger charge is 2.16. The Morgan fingerprint density at radius 1 is 0.848 bits per heavy atom. The van der Waals surface area contributed by atoms with Crippen LogP contribution in [0.3, 0.4) is 0 Å². The Labute approximate surface area is 193 Å². The van der Waals surface area contributed by atoms with Gasteiger partial charge in [0, 0.05) is 49.2 Å². The van der Waals surface area contributed by atoms with Gasteiger partial charge in [-0.05, 0) is 43.4 Å². The van der Waals surface area contributed by atoms with E-state index < -0.39 is 0 Å². The Bertz CT molecular complexity index is 1100. The summed E-state index contributed by atoms with van der Waals surface area (Å²) in [6.45, 7) is 3.92. The van der Waals surface area contributed by atoms with Crippen LogP contribution in [-0.2, 0) is 0 Å². The molecule has 0 unspecified atom stereocenters. The predicted molar refractivity (Wildman–Crippen MR) is 129 cm³/mol. The van der Waals surface area contributed by atoms with Crippen LogP contribution >= 0.6 is 0 Å². The largest absolute Gasteiger partial charge is 0.493 e.